The summed E-state index contributed by atoms with van der Waals surface area (Å²) in [5.74, 6) is -4.09. The van der Waals surface area contributed by atoms with Crippen LogP contribution in [0.25, 0.3) is 0 Å². The van der Waals surface area contributed by atoms with E-state index in [1.165, 1.54) is 4.90 Å². The molecule has 2 amide bonds. The van der Waals surface area contributed by atoms with E-state index in [4.69, 9.17) is 4.74 Å². The average molecular weight is 569 g/mol. The molecule has 3 saturated heterocycles. The van der Waals surface area contributed by atoms with Gasteiger partial charge in [-0.1, -0.05) is 82.7 Å². The Balaban J connectivity index is 1.62. The molecule has 2 N–H and O–H groups in total. The number of aliphatic hydroxyl groups excluding tert-OH is 1. The Kier molecular flexibility index (Phi) is 6.95. The number of benzene rings is 2. The van der Waals surface area contributed by atoms with Crippen molar-refractivity contribution in [3.63, 3.8) is 0 Å². The molecule has 37 heavy (non-hydrogen) atoms. The number of carboxylic acid groups (broad SMARTS) is 1. The van der Waals surface area contributed by atoms with Gasteiger partial charge in [0.05, 0.1) is 30.6 Å². The molecule has 0 aliphatic carbocycles. The Morgan fingerprint density at radius 1 is 1.19 bits per heavy atom. The third kappa shape index (κ3) is 4.09. The van der Waals surface area contributed by atoms with Gasteiger partial charge in [-0.05, 0) is 17.5 Å². The van der Waals surface area contributed by atoms with Crippen LogP contribution in [0.3, 0.4) is 0 Å². The molecule has 2 aromatic carbocycles. The molecule has 3 fully saturated rings. The quantitative estimate of drug-likeness (QED) is 0.356. The average Bonchev–Trinajstić information content (AvgIpc) is 3.49. The first kappa shape index (κ1) is 25.6. The molecule has 2 aromatic rings. The molecule has 1 spiro atoms. The van der Waals surface area contributed by atoms with Gasteiger partial charge >= 0.3 is 5.97 Å². The number of aliphatic carboxylic acids is 1. The van der Waals surface area contributed by atoms with E-state index in [0.29, 0.717) is 12.0 Å². The van der Waals surface area contributed by atoms with E-state index < -0.39 is 54.1 Å². The summed E-state index contributed by atoms with van der Waals surface area (Å²) in [6.45, 7) is 3.89. The zero-order chi connectivity index (χ0) is 26.3. The van der Waals surface area contributed by atoms with Crippen molar-refractivity contribution in [1.29, 1.82) is 0 Å². The number of likely N-dealkylation sites (tertiary alicyclic amines) is 1. The first-order chi connectivity index (χ1) is 17.8. The number of aliphatic hydroxyl groups is 1. The van der Waals surface area contributed by atoms with E-state index in [1.807, 2.05) is 36.4 Å². The van der Waals surface area contributed by atoms with Gasteiger partial charge in [-0.25, -0.2) is 0 Å². The smallest absolute Gasteiger partial charge is 0.310 e. The van der Waals surface area contributed by atoms with Crippen LogP contribution in [0.15, 0.2) is 73.3 Å². The number of alkyl halides is 1. The van der Waals surface area contributed by atoms with Gasteiger partial charge in [0, 0.05) is 17.9 Å². The van der Waals surface area contributed by atoms with Gasteiger partial charge in [0.15, 0.2) is 0 Å². The molecule has 9 heteroatoms. The molecule has 8 nitrogen and oxygen atoms in total. The van der Waals surface area contributed by atoms with Crippen LogP contribution in [0.2, 0.25) is 0 Å². The van der Waals surface area contributed by atoms with Gasteiger partial charge in [0.25, 0.3) is 0 Å². The standard InChI is InChI=1S/C28H29BrN2O6/c1-2-13-30(15-17-9-5-3-6-10-17)26(34)24-28-14-19(29)23(37-28)21(27(35)36)22(28)25(33)31(24)20(16-32)18-11-7-4-8-12-18/h2-12,19-24,32H,1,13-16H2,(H,35,36)/t19?,20-,21-,22+,23-,24?,28?/m1/s1. The van der Waals surface area contributed by atoms with Gasteiger partial charge in [-0.15, -0.1) is 6.58 Å². The number of halogens is 1. The molecule has 3 unspecified atom stereocenters. The third-order valence-electron chi connectivity index (χ3n) is 7.82. The number of carboxylic acids is 1. The Hall–Kier alpha value is -3.01. The first-order valence-electron chi connectivity index (χ1n) is 12.3. The number of fused-ring (bicyclic) bond motifs is 1. The number of nitrogens with zero attached hydrogens (tertiary/aromatic N) is 2. The maximum Gasteiger partial charge on any atom is 0.310 e. The highest BCUT2D eigenvalue weighted by Crippen LogP contribution is 2.61. The lowest BCUT2D eigenvalue weighted by Gasteiger charge is -2.39. The molecular weight excluding hydrogens is 540 g/mol. The molecule has 0 radical (unpaired) electrons. The SMILES string of the molecule is C=CCN(Cc1ccccc1)C(=O)C1N([C@H](CO)c2ccccc2)C(=O)[C@@H]2[C@@H](C(=O)O)[C@@H]3OC12CC3Br. The van der Waals surface area contributed by atoms with E-state index in [1.54, 1.807) is 35.2 Å². The van der Waals surface area contributed by atoms with Gasteiger partial charge in [-0.2, -0.15) is 0 Å². The van der Waals surface area contributed by atoms with Crippen molar-refractivity contribution in [2.75, 3.05) is 13.2 Å². The predicted molar refractivity (Wildman–Crippen MR) is 139 cm³/mol. The molecule has 7 atom stereocenters. The van der Waals surface area contributed by atoms with Crippen molar-refractivity contribution in [2.24, 2.45) is 11.8 Å². The van der Waals surface area contributed by atoms with Crippen LogP contribution in [0, 0.1) is 11.8 Å². The fraction of sp³-hybridized carbons (Fsp3) is 0.393. The second-order valence-electron chi connectivity index (χ2n) is 9.85. The van der Waals surface area contributed by atoms with Gasteiger partial charge in [0.2, 0.25) is 11.8 Å². The molecular formula is C28H29BrN2O6. The minimum atomic E-state index is -1.33. The van der Waals surface area contributed by atoms with Crippen LogP contribution in [0.1, 0.15) is 23.6 Å². The summed E-state index contributed by atoms with van der Waals surface area (Å²) in [5, 5.41) is 20.6. The summed E-state index contributed by atoms with van der Waals surface area (Å²) in [7, 11) is 0. The molecule has 194 valence electrons. The van der Waals surface area contributed by atoms with E-state index in [-0.39, 0.29) is 23.8 Å². The number of carbonyl (C=O) groups is 3. The fourth-order valence-corrected chi connectivity index (χ4v) is 7.30. The lowest BCUT2D eigenvalue weighted by Crippen LogP contribution is -2.57. The van der Waals surface area contributed by atoms with Crippen LogP contribution in [-0.4, -0.2) is 73.5 Å². The highest BCUT2D eigenvalue weighted by molar-refractivity contribution is 9.09. The second-order valence-corrected chi connectivity index (χ2v) is 11.0. The highest BCUT2D eigenvalue weighted by atomic mass is 79.9. The van der Waals surface area contributed by atoms with Crippen molar-refractivity contribution in [3.05, 3.63) is 84.4 Å². The summed E-state index contributed by atoms with van der Waals surface area (Å²) >= 11 is 3.56. The molecule has 2 bridgehead atoms. The Bertz CT molecular complexity index is 1190. The van der Waals surface area contributed by atoms with E-state index in [9.17, 15) is 24.6 Å². The normalized spacial score (nSPS) is 30.7. The minimum Gasteiger partial charge on any atom is -0.481 e. The Morgan fingerprint density at radius 3 is 2.43 bits per heavy atom. The third-order valence-corrected chi connectivity index (χ3v) is 8.66. The van der Waals surface area contributed by atoms with Crippen LogP contribution in [0.5, 0.6) is 0 Å². The van der Waals surface area contributed by atoms with E-state index in [2.05, 4.69) is 22.5 Å². The van der Waals surface area contributed by atoms with Crippen LogP contribution in [0.4, 0.5) is 0 Å². The zero-order valence-electron chi connectivity index (χ0n) is 20.2. The predicted octanol–water partition coefficient (Wildman–Crippen LogP) is 2.77. The molecule has 5 rings (SSSR count). The molecule has 3 heterocycles. The maximum atomic E-state index is 14.4. The lowest BCUT2D eigenvalue weighted by molar-refractivity contribution is -0.153. The highest BCUT2D eigenvalue weighted by Gasteiger charge is 2.77. The van der Waals surface area contributed by atoms with Gasteiger partial charge < -0.3 is 24.7 Å². The number of carbonyl (C=O) groups excluding carboxylic acids is 2. The van der Waals surface area contributed by atoms with Crippen molar-refractivity contribution < 1.29 is 29.3 Å². The summed E-state index contributed by atoms with van der Waals surface area (Å²) in [5.41, 5.74) is 0.236. The van der Waals surface area contributed by atoms with Gasteiger partial charge in [-0.3, -0.25) is 14.4 Å². The van der Waals surface area contributed by atoms with Crippen molar-refractivity contribution >= 4 is 33.7 Å². The number of hydrogen-bond acceptors (Lipinski definition) is 5. The largest absolute Gasteiger partial charge is 0.481 e. The summed E-state index contributed by atoms with van der Waals surface area (Å²) in [6, 6.07) is 16.5. The van der Waals surface area contributed by atoms with E-state index >= 15 is 0 Å². The van der Waals surface area contributed by atoms with Crippen LogP contribution < -0.4 is 0 Å². The zero-order valence-corrected chi connectivity index (χ0v) is 21.7. The first-order valence-corrected chi connectivity index (χ1v) is 13.2. The monoisotopic (exact) mass is 568 g/mol. The lowest BCUT2D eigenvalue weighted by atomic mass is 9.70. The molecule has 3 aliphatic rings. The number of ether oxygens (including phenoxy) is 1. The summed E-state index contributed by atoms with van der Waals surface area (Å²) in [6.07, 6.45) is 1.21. The van der Waals surface area contributed by atoms with Crippen molar-refractivity contribution in [3.8, 4) is 0 Å². The summed E-state index contributed by atoms with van der Waals surface area (Å²) in [4.78, 5) is 43.5. The van der Waals surface area contributed by atoms with Crippen molar-refractivity contribution in [1.82, 2.24) is 9.80 Å². The summed E-state index contributed by atoms with van der Waals surface area (Å²) < 4.78 is 6.37. The minimum absolute atomic E-state index is 0.228. The Morgan fingerprint density at radius 2 is 1.84 bits per heavy atom. The van der Waals surface area contributed by atoms with Crippen LogP contribution >= 0.6 is 15.9 Å². The number of hydrogen-bond donors (Lipinski definition) is 2. The number of rotatable bonds is 9. The molecule has 0 saturated carbocycles. The van der Waals surface area contributed by atoms with Gasteiger partial charge in [0.1, 0.15) is 11.6 Å². The molecule has 0 aromatic heterocycles. The maximum absolute atomic E-state index is 14.4. The fourth-order valence-electron chi connectivity index (χ4n) is 6.36. The van der Waals surface area contributed by atoms with Crippen molar-refractivity contribution in [2.45, 2.75) is 41.6 Å². The topological polar surface area (TPSA) is 107 Å². The number of amides is 2. The molecule has 3 aliphatic heterocycles. The Labute approximate surface area is 223 Å². The van der Waals surface area contributed by atoms with Crippen LogP contribution in [-0.2, 0) is 25.7 Å². The van der Waals surface area contributed by atoms with E-state index in [0.717, 1.165) is 5.56 Å². The second kappa shape index (κ2) is 10.0.